The summed E-state index contributed by atoms with van der Waals surface area (Å²) >= 11 is 0. The number of carbonyl (C=O) groups excluding carboxylic acids is 1. The van der Waals surface area contributed by atoms with E-state index in [1.165, 1.54) is 0 Å². The molecule has 3 atom stereocenters. The molecule has 1 aliphatic heterocycles. The zero-order valence-electron chi connectivity index (χ0n) is 13.3. The van der Waals surface area contributed by atoms with Crippen LogP contribution in [0.4, 0.5) is 0 Å². The highest BCUT2D eigenvalue weighted by Gasteiger charge is 2.40. The van der Waals surface area contributed by atoms with E-state index in [0.29, 0.717) is 6.61 Å². The van der Waals surface area contributed by atoms with Gasteiger partial charge >= 0.3 is 0 Å². The second-order valence-electron chi connectivity index (χ2n) is 5.68. The monoisotopic (exact) mass is 306 g/mol. The molecule has 0 spiro atoms. The summed E-state index contributed by atoms with van der Waals surface area (Å²) in [6, 6.07) is 7.66. The summed E-state index contributed by atoms with van der Waals surface area (Å²) < 4.78 is 5.92. The third-order valence-corrected chi connectivity index (χ3v) is 4.07. The maximum Gasteiger partial charge on any atom is 0.240 e. The van der Waals surface area contributed by atoms with Crippen molar-refractivity contribution in [3.8, 4) is 5.75 Å². The van der Waals surface area contributed by atoms with Crippen molar-refractivity contribution in [2.24, 2.45) is 11.8 Å². The van der Waals surface area contributed by atoms with Gasteiger partial charge in [0.1, 0.15) is 5.75 Å². The number of ether oxygens (including phenoxy) is 1. The normalized spacial score (nSPS) is 24.2. The van der Waals surface area contributed by atoms with Crippen molar-refractivity contribution in [3.05, 3.63) is 29.8 Å². The van der Waals surface area contributed by atoms with Crippen LogP contribution in [-0.2, 0) is 4.79 Å². The highest BCUT2D eigenvalue weighted by atomic mass is 16.5. The molecule has 5 N–H and O–H groups in total. The molecule has 122 valence electrons. The van der Waals surface area contributed by atoms with Crippen LogP contribution < -0.4 is 26.9 Å². The summed E-state index contributed by atoms with van der Waals surface area (Å²) in [5, 5.41) is 0. The minimum Gasteiger partial charge on any atom is -0.493 e. The van der Waals surface area contributed by atoms with Gasteiger partial charge in [-0.1, -0.05) is 38.0 Å². The molecule has 0 aromatic heterocycles. The Labute approximate surface area is 131 Å². The van der Waals surface area contributed by atoms with Crippen molar-refractivity contribution < 1.29 is 9.53 Å². The summed E-state index contributed by atoms with van der Waals surface area (Å²) in [5.74, 6) is 5.67. The molecule has 0 bridgehead atoms. The molecule has 1 saturated heterocycles. The number of para-hydroxylation sites is 1. The molecule has 1 fully saturated rings. The number of nitrogens with one attached hydrogen (secondary N) is 3. The Morgan fingerprint density at radius 3 is 2.82 bits per heavy atom. The topological polar surface area (TPSA) is 88.4 Å². The first-order chi connectivity index (χ1) is 10.7. The molecule has 1 aromatic carbocycles. The van der Waals surface area contributed by atoms with Crippen LogP contribution in [-0.4, -0.2) is 18.6 Å². The zero-order chi connectivity index (χ0) is 15.9. The summed E-state index contributed by atoms with van der Waals surface area (Å²) in [4.78, 5) is 12.1. The number of rotatable bonds is 7. The van der Waals surface area contributed by atoms with Gasteiger partial charge in [0.2, 0.25) is 5.91 Å². The van der Waals surface area contributed by atoms with E-state index in [9.17, 15) is 4.79 Å². The lowest BCUT2D eigenvalue weighted by molar-refractivity contribution is -0.125. The molecule has 2 rings (SSSR count). The lowest BCUT2D eigenvalue weighted by Crippen LogP contribution is -2.41. The number of hydrazine groups is 2. The smallest absolute Gasteiger partial charge is 0.240 e. The molecular formula is C16H26N4O2. The van der Waals surface area contributed by atoms with Gasteiger partial charge in [-0.3, -0.25) is 15.6 Å². The number of hydrogen-bond donors (Lipinski definition) is 4. The van der Waals surface area contributed by atoms with Gasteiger partial charge in [-0.15, -0.1) is 0 Å². The van der Waals surface area contributed by atoms with Crippen molar-refractivity contribution in [2.45, 2.75) is 45.2 Å². The number of hydrogen-bond acceptors (Lipinski definition) is 5. The molecular weight excluding hydrogens is 280 g/mol. The SMILES string of the molecule is CCCCCOc1ccccc1C1NNC(C)C1C(=O)NN. The van der Waals surface area contributed by atoms with Crippen molar-refractivity contribution in [1.29, 1.82) is 0 Å². The second-order valence-corrected chi connectivity index (χ2v) is 5.68. The van der Waals surface area contributed by atoms with Crippen molar-refractivity contribution in [3.63, 3.8) is 0 Å². The molecule has 1 aliphatic rings. The maximum absolute atomic E-state index is 12.1. The Morgan fingerprint density at radius 1 is 1.32 bits per heavy atom. The van der Waals surface area contributed by atoms with Crippen LogP contribution in [0.2, 0.25) is 0 Å². The third kappa shape index (κ3) is 3.76. The fourth-order valence-corrected chi connectivity index (χ4v) is 2.84. The summed E-state index contributed by atoms with van der Waals surface area (Å²) in [7, 11) is 0. The summed E-state index contributed by atoms with van der Waals surface area (Å²) in [6.07, 6.45) is 3.35. The van der Waals surface area contributed by atoms with E-state index in [2.05, 4.69) is 23.2 Å². The average Bonchev–Trinajstić information content (AvgIpc) is 2.93. The van der Waals surface area contributed by atoms with Gasteiger partial charge in [-0.05, 0) is 19.4 Å². The molecule has 6 nitrogen and oxygen atoms in total. The van der Waals surface area contributed by atoms with Crippen molar-refractivity contribution in [1.82, 2.24) is 16.3 Å². The van der Waals surface area contributed by atoms with E-state index in [1.54, 1.807) is 0 Å². The number of amides is 1. The van der Waals surface area contributed by atoms with E-state index in [-0.39, 0.29) is 23.9 Å². The van der Waals surface area contributed by atoms with Gasteiger partial charge < -0.3 is 4.74 Å². The first-order valence-corrected chi connectivity index (χ1v) is 7.92. The molecule has 6 heteroatoms. The zero-order valence-corrected chi connectivity index (χ0v) is 13.3. The Kier molecular flexibility index (Phi) is 6.18. The van der Waals surface area contributed by atoms with Gasteiger partial charge in [-0.2, -0.15) is 0 Å². The average molecular weight is 306 g/mol. The maximum atomic E-state index is 12.1. The van der Waals surface area contributed by atoms with Gasteiger partial charge in [0, 0.05) is 11.6 Å². The first kappa shape index (κ1) is 16.7. The highest BCUT2D eigenvalue weighted by molar-refractivity contribution is 5.80. The molecule has 0 aliphatic carbocycles. The molecule has 1 aromatic rings. The van der Waals surface area contributed by atoms with Crippen LogP contribution in [0.5, 0.6) is 5.75 Å². The fourth-order valence-electron chi connectivity index (χ4n) is 2.84. The molecule has 1 amide bonds. The minimum atomic E-state index is -0.287. The van der Waals surface area contributed by atoms with Crippen LogP contribution >= 0.6 is 0 Å². The summed E-state index contributed by atoms with van der Waals surface area (Å²) in [6.45, 7) is 4.81. The summed E-state index contributed by atoms with van der Waals surface area (Å²) in [5.41, 5.74) is 9.53. The molecule has 0 saturated carbocycles. The van der Waals surface area contributed by atoms with E-state index in [1.807, 2.05) is 31.2 Å². The van der Waals surface area contributed by atoms with Gasteiger partial charge in [-0.25, -0.2) is 11.3 Å². The van der Waals surface area contributed by atoms with E-state index < -0.39 is 0 Å². The van der Waals surface area contributed by atoms with E-state index in [0.717, 1.165) is 30.6 Å². The predicted octanol–water partition coefficient (Wildman–Crippen LogP) is 1.40. The Hall–Kier alpha value is -1.63. The Balaban J connectivity index is 2.15. The Bertz CT molecular complexity index is 495. The van der Waals surface area contributed by atoms with Crippen molar-refractivity contribution >= 4 is 5.91 Å². The van der Waals surface area contributed by atoms with Crippen LogP contribution in [0, 0.1) is 5.92 Å². The minimum absolute atomic E-state index is 0.0123. The standard InChI is InChI=1S/C16H26N4O2/c1-3-4-7-10-22-13-9-6-5-8-12(13)15-14(16(21)18-17)11(2)19-20-15/h5-6,8-9,11,14-15,19-20H,3-4,7,10,17H2,1-2H3,(H,18,21). The second kappa shape index (κ2) is 8.12. The van der Waals surface area contributed by atoms with Gasteiger partial charge in [0.25, 0.3) is 0 Å². The fraction of sp³-hybridized carbons (Fsp3) is 0.562. The van der Waals surface area contributed by atoms with E-state index in [4.69, 9.17) is 10.6 Å². The van der Waals surface area contributed by atoms with E-state index >= 15 is 0 Å². The third-order valence-electron chi connectivity index (χ3n) is 4.07. The van der Waals surface area contributed by atoms with Gasteiger partial charge in [0.15, 0.2) is 0 Å². The number of unbranched alkanes of at least 4 members (excludes halogenated alkanes) is 2. The lowest BCUT2D eigenvalue weighted by atomic mass is 9.89. The predicted molar refractivity (Wildman–Crippen MR) is 85.8 cm³/mol. The Morgan fingerprint density at radius 2 is 2.09 bits per heavy atom. The number of carbonyl (C=O) groups is 1. The van der Waals surface area contributed by atoms with Crippen LogP contribution in [0.25, 0.3) is 0 Å². The highest BCUT2D eigenvalue weighted by Crippen LogP contribution is 2.34. The number of nitrogens with two attached hydrogens (primary N) is 1. The molecule has 3 unspecified atom stereocenters. The van der Waals surface area contributed by atoms with Crippen LogP contribution in [0.1, 0.15) is 44.7 Å². The lowest BCUT2D eigenvalue weighted by Gasteiger charge is -2.22. The first-order valence-electron chi connectivity index (χ1n) is 7.92. The molecule has 22 heavy (non-hydrogen) atoms. The quantitative estimate of drug-likeness (QED) is 0.265. The largest absolute Gasteiger partial charge is 0.493 e. The van der Waals surface area contributed by atoms with Gasteiger partial charge in [0.05, 0.1) is 18.6 Å². The molecule has 0 radical (unpaired) electrons. The van der Waals surface area contributed by atoms with Crippen LogP contribution in [0.15, 0.2) is 24.3 Å². The van der Waals surface area contributed by atoms with Crippen molar-refractivity contribution in [2.75, 3.05) is 6.61 Å². The number of benzene rings is 1. The van der Waals surface area contributed by atoms with Crippen LogP contribution in [0.3, 0.4) is 0 Å². The molecule has 1 heterocycles.